The molecular weight excluding hydrogens is 358 g/mol. The van der Waals surface area contributed by atoms with Gasteiger partial charge in [0.15, 0.2) is 0 Å². The predicted octanol–water partition coefficient (Wildman–Crippen LogP) is 4.91. The van der Waals surface area contributed by atoms with E-state index in [0.29, 0.717) is 0 Å². The van der Waals surface area contributed by atoms with Gasteiger partial charge >= 0.3 is 0 Å². The monoisotopic (exact) mass is 369 g/mol. The molecule has 0 saturated carbocycles. The molecular formula is C14H13BrClN3S. The summed E-state index contributed by atoms with van der Waals surface area (Å²) in [6.07, 6.45) is 0. The Balaban J connectivity index is 2.16. The zero-order valence-corrected chi connectivity index (χ0v) is 14.3. The van der Waals surface area contributed by atoms with E-state index in [1.165, 1.54) is 4.88 Å². The van der Waals surface area contributed by atoms with Gasteiger partial charge in [-0.1, -0.05) is 15.9 Å². The Bertz CT molecular complexity index is 763. The van der Waals surface area contributed by atoms with E-state index in [1.807, 2.05) is 31.5 Å². The number of halogens is 2. The van der Waals surface area contributed by atoms with Crippen molar-refractivity contribution in [2.24, 2.45) is 0 Å². The molecule has 0 aliphatic rings. The van der Waals surface area contributed by atoms with E-state index >= 15 is 0 Å². The Morgan fingerprint density at radius 1 is 1.45 bits per heavy atom. The molecule has 2 aromatic heterocycles. The van der Waals surface area contributed by atoms with Gasteiger partial charge in [-0.3, -0.25) is 0 Å². The minimum absolute atomic E-state index is 0.130. The van der Waals surface area contributed by atoms with Crippen molar-refractivity contribution >= 4 is 49.9 Å². The van der Waals surface area contributed by atoms with Gasteiger partial charge in [-0.25, -0.2) is 9.97 Å². The van der Waals surface area contributed by atoms with Gasteiger partial charge in [0, 0.05) is 9.35 Å². The Morgan fingerprint density at radius 3 is 2.90 bits per heavy atom. The van der Waals surface area contributed by atoms with E-state index in [9.17, 15) is 0 Å². The minimum atomic E-state index is -0.130. The first-order valence-corrected chi connectivity index (χ1v) is 8.36. The van der Waals surface area contributed by atoms with Gasteiger partial charge in [-0.15, -0.1) is 22.9 Å². The fourth-order valence-corrected chi connectivity index (χ4v) is 3.49. The van der Waals surface area contributed by atoms with Crippen molar-refractivity contribution in [3.8, 4) is 0 Å². The van der Waals surface area contributed by atoms with Crippen LogP contribution >= 0.6 is 38.9 Å². The highest BCUT2D eigenvalue weighted by atomic mass is 79.9. The van der Waals surface area contributed by atoms with Crippen LogP contribution in [-0.2, 0) is 6.54 Å². The first kappa shape index (κ1) is 14.0. The summed E-state index contributed by atoms with van der Waals surface area (Å²) in [5, 5.41) is -0.130. The molecule has 3 aromatic rings. The van der Waals surface area contributed by atoms with Crippen molar-refractivity contribution in [2.75, 3.05) is 0 Å². The molecule has 0 aliphatic heterocycles. The summed E-state index contributed by atoms with van der Waals surface area (Å²) in [7, 11) is 0. The van der Waals surface area contributed by atoms with E-state index < -0.39 is 0 Å². The number of alkyl halides is 1. The van der Waals surface area contributed by atoms with Crippen molar-refractivity contribution in [3.63, 3.8) is 0 Å². The average molecular weight is 371 g/mol. The second kappa shape index (κ2) is 5.47. The molecule has 0 amide bonds. The summed E-state index contributed by atoms with van der Waals surface area (Å²) in [6.45, 7) is 4.75. The van der Waals surface area contributed by atoms with Crippen LogP contribution in [0.4, 0.5) is 0 Å². The number of fused-ring (bicyclic) bond motifs is 1. The minimum Gasteiger partial charge on any atom is -0.321 e. The largest absolute Gasteiger partial charge is 0.321 e. The summed E-state index contributed by atoms with van der Waals surface area (Å²) >= 11 is 11.4. The maximum atomic E-state index is 6.29. The van der Waals surface area contributed by atoms with Gasteiger partial charge in [0.25, 0.3) is 0 Å². The Hall–Kier alpha value is -0.910. The molecule has 0 N–H and O–H groups in total. The van der Waals surface area contributed by atoms with Crippen LogP contribution in [0.15, 0.2) is 28.2 Å². The summed E-state index contributed by atoms with van der Waals surface area (Å²) in [5.74, 6) is 0.896. The molecule has 0 spiro atoms. The third-order valence-corrected chi connectivity index (χ3v) is 4.85. The lowest BCUT2D eigenvalue weighted by Gasteiger charge is -2.09. The molecule has 104 valence electrons. The number of hydrogen-bond donors (Lipinski definition) is 0. The number of aryl methyl sites for hydroxylation is 1. The molecule has 2 heterocycles. The van der Waals surface area contributed by atoms with Crippen molar-refractivity contribution in [1.82, 2.24) is 14.5 Å². The molecule has 0 saturated heterocycles. The van der Waals surface area contributed by atoms with Gasteiger partial charge in [0.2, 0.25) is 0 Å². The van der Waals surface area contributed by atoms with E-state index in [2.05, 4.69) is 36.5 Å². The van der Waals surface area contributed by atoms with Gasteiger partial charge < -0.3 is 4.57 Å². The van der Waals surface area contributed by atoms with Crippen LogP contribution in [-0.4, -0.2) is 14.5 Å². The summed E-state index contributed by atoms with van der Waals surface area (Å²) < 4.78 is 3.21. The van der Waals surface area contributed by atoms with Crippen molar-refractivity contribution in [1.29, 1.82) is 0 Å². The fourth-order valence-electron chi connectivity index (χ4n) is 2.21. The van der Waals surface area contributed by atoms with Crippen molar-refractivity contribution < 1.29 is 0 Å². The molecule has 3 rings (SSSR count). The molecule has 3 nitrogen and oxygen atoms in total. The first-order chi connectivity index (χ1) is 9.56. The standard InChI is InChI=1S/C14H13BrClN3S/c1-8(16)14-18-11-5-10(15)3-4-12(11)19(14)6-13-9(2)17-7-20-13/h3-5,7-8H,6H2,1-2H3. The maximum absolute atomic E-state index is 6.29. The molecule has 0 radical (unpaired) electrons. The second-order valence-corrected chi connectivity index (χ2v) is 7.18. The van der Waals surface area contributed by atoms with Crippen molar-refractivity contribution in [3.05, 3.63) is 44.6 Å². The van der Waals surface area contributed by atoms with Gasteiger partial charge in [0.1, 0.15) is 5.82 Å². The molecule has 20 heavy (non-hydrogen) atoms. The van der Waals surface area contributed by atoms with E-state index in [-0.39, 0.29) is 5.38 Å². The predicted molar refractivity (Wildman–Crippen MR) is 87.7 cm³/mol. The Labute approximate surface area is 134 Å². The SMILES string of the molecule is Cc1ncsc1Cn1c(C(C)Cl)nc2cc(Br)ccc21. The summed E-state index contributed by atoms with van der Waals surface area (Å²) in [4.78, 5) is 10.2. The molecule has 0 bridgehead atoms. The quantitative estimate of drug-likeness (QED) is 0.613. The van der Waals surface area contributed by atoms with Crippen LogP contribution in [0, 0.1) is 6.92 Å². The number of rotatable bonds is 3. The normalized spacial score (nSPS) is 13.0. The zero-order chi connectivity index (χ0) is 14.3. The lowest BCUT2D eigenvalue weighted by atomic mass is 10.3. The lowest BCUT2D eigenvalue weighted by Crippen LogP contribution is -2.05. The number of nitrogens with zero attached hydrogens (tertiary/aromatic N) is 3. The lowest BCUT2D eigenvalue weighted by molar-refractivity contribution is 0.746. The highest BCUT2D eigenvalue weighted by Gasteiger charge is 2.16. The molecule has 1 aromatic carbocycles. The van der Waals surface area contributed by atoms with Gasteiger partial charge in [0.05, 0.1) is 34.2 Å². The number of benzene rings is 1. The van der Waals surface area contributed by atoms with E-state index in [0.717, 1.165) is 33.6 Å². The van der Waals surface area contributed by atoms with Crippen molar-refractivity contribution in [2.45, 2.75) is 25.8 Å². The Morgan fingerprint density at radius 2 is 2.25 bits per heavy atom. The molecule has 1 atom stereocenters. The maximum Gasteiger partial charge on any atom is 0.128 e. The number of hydrogen-bond acceptors (Lipinski definition) is 3. The number of thiazole rings is 1. The number of aromatic nitrogens is 3. The van der Waals surface area contributed by atoms with Crippen LogP contribution in [0.1, 0.15) is 28.7 Å². The second-order valence-electron chi connectivity index (χ2n) is 4.67. The topological polar surface area (TPSA) is 30.7 Å². The smallest absolute Gasteiger partial charge is 0.128 e. The highest BCUT2D eigenvalue weighted by molar-refractivity contribution is 9.10. The molecule has 0 fully saturated rings. The van der Waals surface area contributed by atoms with Crippen LogP contribution < -0.4 is 0 Å². The van der Waals surface area contributed by atoms with E-state index in [1.54, 1.807) is 11.3 Å². The molecule has 6 heteroatoms. The third kappa shape index (κ3) is 2.50. The third-order valence-electron chi connectivity index (χ3n) is 3.24. The molecule has 1 unspecified atom stereocenters. The van der Waals surface area contributed by atoms with Crippen LogP contribution in [0.25, 0.3) is 11.0 Å². The zero-order valence-electron chi connectivity index (χ0n) is 11.1. The number of imidazole rings is 1. The highest BCUT2D eigenvalue weighted by Crippen LogP contribution is 2.28. The van der Waals surface area contributed by atoms with Crippen LogP contribution in [0.5, 0.6) is 0 Å². The summed E-state index contributed by atoms with van der Waals surface area (Å²) in [5.41, 5.74) is 5.01. The Kier molecular flexibility index (Phi) is 3.84. The average Bonchev–Trinajstić information content (AvgIpc) is 2.95. The first-order valence-electron chi connectivity index (χ1n) is 6.25. The van der Waals surface area contributed by atoms with Crippen LogP contribution in [0.3, 0.4) is 0 Å². The fraction of sp³-hybridized carbons (Fsp3) is 0.286. The summed E-state index contributed by atoms with van der Waals surface area (Å²) in [6, 6.07) is 6.13. The van der Waals surface area contributed by atoms with Gasteiger partial charge in [-0.2, -0.15) is 0 Å². The van der Waals surface area contributed by atoms with Gasteiger partial charge in [-0.05, 0) is 32.0 Å². The van der Waals surface area contributed by atoms with Crippen LogP contribution in [0.2, 0.25) is 0 Å². The molecule has 0 aliphatic carbocycles. The van der Waals surface area contributed by atoms with E-state index in [4.69, 9.17) is 11.6 Å².